The van der Waals surface area contributed by atoms with Crippen LogP contribution in [0.5, 0.6) is 0 Å². The number of rotatable bonds is 5. The van der Waals surface area contributed by atoms with Crippen LogP contribution in [0.2, 0.25) is 0 Å². The highest BCUT2D eigenvalue weighted by atomic mass is 19.4. The summed E-state index contributed by atoms with van der Waals surface area (Å²) in [4.78, 5) is 14.3. The summed E-state index contributed by atoms with van der Waals surface area (Å²) in [6, 6.07) is 5.59. The van der Waals surface area contributed by atoms with Crippen molar-refractivity contribution in [3.63, 3.8) is 0 Å². The Balaban J connectivity index is 1.28. The molecule has 1 amide bonds. The third-order valence-corrected chi connectivity index (χ3v) is 5.18. The van der Waals surface area contributed by atoms with Crippen LogP contribution in [0.25, 0.3) is 0 Å². The molecule has 1 aliphatic heterocycles. The number of likely N-dealkylation sites (tertiary alicyclic amines) is 1. The van der Waals surface area contributed by atoms with Crippen LogP contribution in [0.1, 0.15) is 53.5 Å². The minimum atomic E-state index is -4.32. The van der Waals surface area contributed by atoms with Gasteiger partial charge in [-0.2, -0.15) is 13.2 Å². The summed E-state index contributed by atoms with van der Waals surface area (Å²) in [6.07, 6.45) is -0.503. The lowest BCUT2D eigenvalue weighted by Gasteiger charge is -2.43. The molecular formula is C18H20F3N5O. The maximum Gasteiger partial charge on any atom is 0.416 e. The zero-order valence-corrected chi connectivity index (χ0v) is 14.8. The number of benzene rings is 1. The van der Waals surface area contributed by atoms with Gasteiger partial charge in [0.1, 0.15) is 0 Å². The molecule has 6 nitrogen and oxygen atoms in total. The van der Waals surface area contributed by atoms with Crippen LogP contribution in [0, 0.1) is 0 Å². The van der Waals surface area contributed by atoms with Gasteiger partial charge in [0.15, 0.2) is 5.69 Å². The third kappa shape index (κ3) is 3.83. The summed E-state index contributed by atoms with van der Waals surface area (Å²) < 4.78 is 39.7. The number of alkyl halides is 3. The molecule has 144 valence electrons. The molecule has 1 aromatic carbocycles. The van der Waals surface area contributed by atoms with Gasteiger partial charge in [-0.25, -0.2) is 4.68 Å². The fourth-order valence-electron chi connectivity index (χ4n) is 3.24. The predicted octanol–water partition coefficient (Wildman–Crippen LogP) is 2.81. The number of halogens is 3. The summed E-state index contributed by atoms with van der Waals surface area (Å²) in [5.41, 5.74) is 0.489. The highest BCUT2D eigenvalue weighted by Gasteiger charge is 2.34. The fourth-order valence-corrected chi connectivity index (χ4v) is 3.24. The molecule has 1 unspecified atom stereocenters. The Bertz CT molecular complexity index is 822. The first-order valence-corrected chi connectivity index (χ1v) is 8.95. The summed E-state index contributed by atoms with van der Waals surface area (Å²) >= 11 is 0. The quantitative estimate of drug-likeness (QED) is 0.868. The lowest BCUT2D eigenvalue weighted by atomic mass is 9.99. The van der Waals surface area contributed by atoms with E-state index in [0.717, 1.165) is 30.5 Å². The van der Waals surface area contributed by atoms with Gasteiger partial charge < -0.3 is 5.32 Å². The van der Waals surface area contributed by atoms with E-state index in [1.165, 1.54) is 12.1 Å². The van der Waals surface area contributed by atoms with E-state index >= 15 is 0 Å². The SMILES string of the molecule is CC(c1ccc(C(F)(F)F)cc1)N1CC(NC(=O)c2cn(C3CC3)nn2)C1. The predicted molar refractivity (Wildman–Crippen MR) is 91.0 cm³/mol. The number of carbonyl (C=O) groups excluding carboxylic acids is 1. The second-order valence-corrected chi connectivity index (χ2v) is 7.23. The van der Waals surface area contributed by atoms with E-state index in [2.05, 4.69) is 20.5 Å². The van der Waals surface area contributed by atoms with Gasteiger partial charge in [0.25, 0.3) is 5.91 Å². The minimum absolute atomic E-state index is 0.000438. The van der Waals surface area contributed by atoms with Crippen LogP contribution in [-0.2, 0) is 6.18 Å². The van der Waals surface area contributed by atoms with Crippen LogP contribution >= 0.6 is 0 Å². The van der Waals surface area contributed by atoms with Gasteiger partial charge >= 0.3 is 6.18 Å². The minimum Gasteiger partial charge on any atom is -0.345 e. The van der Waals surface area contributed by atoms with E-state index < -0.39 is 11.7 Å². The van der Waals surface area contributed by atoms with Crippen molar-refractivity contribution in [3.8, 4) is 0 Å². The lowest BCUT2D eigenvalue weighted by Crippen LogP contribution is -2.59. The first-order chi connectivity index (χ1) is 12.8. The third-order valence-electron chi connectivity index (χ3n) is 5.18. The molecule has 1 aromatic heterocycles. The van der Waals surface area contributed by atoms with Crippen LogP contribution in [0.4, 0.5) is 13.2 Å². The second kappa shape index (κ2) is 6.63. The highest BCUT2D eigenvalue weighted by Crippen LogP contribution is 2.34. The molecule has 0 bridgehead atoms. The first kappa shape index (κ1) is 18.0. The van der Waals surface area contributed by atoms with Gasteiger partial charge in [0.2, 0.25) is 0 Å². The van der Waals surface area contributed by atoms with Crippen molar-refractivity contribution in [2.45, 2.75) is 44.1 Å². The van der Waals surface area contributed by atoms with Gasteiger partial charge in [-0.1, -0.05) is 17.3 Å². The number of amides is 1. The molecule has 27 heavy (non-hydrogen) atoms. The monoisotopic (exact) mass is 379 g/mol. The maximum absolute atomic E-state index is 12.7. The van der Waals surface area contributed by atoms with Crippen LogP contribution < -0.4 is 5.32 Å². The van der Waals surface area contributed by atoms with Crippen molar-refractivity contribution in [2.24, 2.45) is 0 Å². The lowest BCUT2D eigenvalue weighted by molar-refractivity contribution is -0.137. The molecule has 2 aliphatic rings. The van der Waals surface area contributed by atoms with Crippen molar-refractivity contribution >= 4 is 5.91 Å². The zero-order valence-electron chi connectivity index (χ0n) is 14.8. The first-order valence-electron chi connectivity index (χ1n) is 8.95. The van der Waals surface area contributed by atoms with Crippen molar-refractivity contribution in [3.05, 3.63) is 47.3 Å². The molecule has 1 aliphatic carbocycles. The van der Waals surface area contributed by atoms with Gasteiger partial charge in [-0.05, 0) is 37.5 Å². The Kier molecular flexibility index (Phi) is 4.41. The van der Waals surface area contributed by atoms with Crippen molar-refractivity contribution < 1.29 is 18.0 Å². The Morgan fingerprint density at radius 1 is 1.22 bits per heavy atom. The molecular weight excluding hydrogens is 359 g/mol. The second-order valence-electron chi connectivity index (χ2n) is 7.23. The molecule has 1 atom stereocenters. The van der Waals surface area contributed by atoms with Crippen molar-refractivity contribution in [1.82, 2.24) is 25.2 Å². The number of hydrogen-bond acceptors (Lipinski definition) is 4. The number of nitrogens with zero attached hydrogens (tertiary/aromatic N) is 4. The molecule has 1 saturated carbocycles. The molecule has 0 radical (unpaired) electrons. The van der Waals surface area contributed by atoms with E-state index in [1.54, 1.807) is 10.9 Å². The highest BCUT2D eigenvalue weighted by molar-refractivity contribution is 5.92. The molecule has 9 heteroatoms. The standard InChI is InChI=1S/C18H20F3N5O/c1-11(12-2-4-13(5-3-12)18(19,20)21)25-8-14(9-25)22-17(27)16-10-26(24-23-16)15-6-7-15/h2-5,10-11,14-15H,6-9H2,1H3,(H,22,27). The molecule has 1 saturated heterocycles. The number of carbonyl (C=O) groups is 1. The fraction of sp³-hybridized carbons (Fsp3) is 0.500. The Morgan fingerprint density at radius 2 is 1.89 bits per heavy atom. The average Bonchev–Trinajstić information content (AvgIpc) is 3.33. The molecule has 1 N–H and O–H groups in total. The van der Waals surface area contributed by atoms with E-state index in [1.807, 2.05) is 6.92 Å². The van der Waals surface area contributed by atoms with E-state index in [9.17, 15) is 18.0 Å². The summed E-state index contributed by atoms with van der Waals surface area (Å²) in [5.74, 6) is -0.242. The Morgan fingerprint density at radius 3 is 2.48 bits per heavy atom. The van der Waals surface area contributed by atoms with Crippen LogP contribution in [0.15, 0.2) is 30.5 Å². The number of aromatic nitrogens is 3. The molecule has 2 fully saturated rings. The Labute approximate surface area is 154 Å². The summed E-state index contributed by atoms with van der Waals surface area (Å²) in [7, 11) is 0. The summed E-state index contributed by atoms with van der Waals surface area (Å²) in [5, 5.41) is 10.8. The van der Waals surface area contributed by atoms with E-state index in [0.29, 0.717) is 24.8 Å². The van der Waals surface area contributed by atoms with E-state index in [4.69, 9.17) is 0 Å². The van der Waals surface area contributed by atoms with Crippen molar-refractivity contribution in [1.29, 1.82) is 0 Å². The Hall–Kier alpha value is -2.42. The van der Waals surface area contributed by atoms with Crippen LogP contribution in [0.3, 0.4) is 0 Å². The largest absolute Gasteiger partial charge is 0.416 e. The molecule has 4 rings (SSSR count). The van der Waals surface area contributed by atoms with Gasteiger partial charge in [0.05, 0.1) is 23.8 Å². The van der Waals surface area contributed by atoms with Gasteiger partial charge in [-0.15, -0.1) is 5.10 Å². The zero-order chi connectivity index (χ0) is 19.2. The van der Waals surface area contributed by atoms with Gasteiger partial charge in [-0.3, -0.25) is 9.69 Å². The molecule has 2 heterocycles. The molecule has 0 spiro atoms. The number of nitrogens with one attached hydrogen (secondary N) is 1. The normalized spacial score (nSPS) is 19.6. The topological polar surface area (TPSA) is 63.1 Å². The smallest absolute Gasteiger partial charge is 0.345 e. The summed E-state index contributed by atoms with van der Waals surface area (Å²) in [6.45, 7) is 3.23. The van der Waals surface area contributed by atoms with Crippen molar-refractivity contribution in [2.75, 3.05) is 13.1 Å². The van der Waals surface area contributed by atoms with Gasteiger partial charge in [0, 0.05) is 19.1 Å². The van der Waals surface area contributed by atoms with E-state index in [-0.39, 0.29) is 18.0 Å². The maximum atomic E-state index is 12.7. The molecule has 2 aromatic rings. The average molecular weight is 379 g/mol. The number of hydrogen-bond donors (Lipinski definition) is 1. The van der Waals surface area contributed by atoms with Crippen LogP contribution in [-0.4, -0.2) is 44.9 Å².